The van der Waals surface area contributed by atoms with Gasteiger partial charge in [0.25, 0.3) is 10.1 Å². The lowest BCUT2D eigenvalue weighted by molar-refractivity contribution is -0.140. The predicted molar refractivity (Wildman–Crippen MR) is 149 cm³/mol. The van der Waals surface area contributed by atoms with Gasteiger partial charge in [0, 0.05) is 18.8 Å². The molecule has 6 atom stereocenters. The van der Waals surface area contributed by atoms with E-state index in [0.717, 1.165) is 24.8 Å². The van der Waals surface area contributed by atoms with Crippen LogP contribution in [0.15, 0.2) is 53.5 Å². The number of carbonyl (C=O) groups is 1. The lowest BCUT2D eigenvalue weighted by atomic mass is 9.89. The first-order chi connectivity index (χ1) is 18.1. The van der Waals surface area contributed by atoms with Gasteiger partial charge in [0.05, 0.1) is 30.3 Å². The number of aryl methyl sites for hydroxylation is 1. The van der Waals surface area contributed by atoms with Crippen LogP contribution >= 0.6 is 0 Å². The molecule has 1 fully saturated rings. The van der Waals surface area contributed by atoms with Gasteiger partial charge in [-0.25, -0.2) is 0 Å². The molecule has 214 valence electrons. The lowest BCUT2D eigenvalue weighted by Gasteiger charge is -2.23. The Labute approximate surface area is 229 Å². The Bertz CT molecular complexity index is 1000. The van der Waals surface area contributed by atoms with Crippen molar-refractivity contribution in [3.05, 3.63) is 54.1 Å². The van der Waals surface area contributed by atoms with E-state index in [1.165, 1.54) is 19.2 Å². The summed E-state index contributed by atoms with van der Waals surface area (Å²) < 4.78 is 36.4. The molecule has 2 N–H and O–H groups in total. The molecular weight excluding hydrogens is 504 g/mol. The first-order valence-electron chi connectivity index (χ1n) is 13.8. The molecule has 1 aromatic rings. The summed E-state index contributed by atoms with van der Waals surface area (Å²) in [6.45, 7) is 6.16. The van der Waals surface area contributed by atoms with Crippen molar-refractivity contribution in [2.24, 2.45) is 17.8 Å². The maximum Gasteiger partial charge on any atom is 0.305 e. The second-order valence-corrected chi connectivity index (χ2v) is 12.1. The number of aliphatic hydroxyl groups is 2. The summed E-state index contributed by atoms with van der Waals surface area (Å²) in [5.41, 5.74) is 0.947. The van der Waals surface area contributed by atoms with Crippen molar-refractivity contribution in [2.75, 3.05) is 7.11 Å². The molecule has 38 heavy (non-hydrogen) atoms. The minimum absolute atomic E-state index is 0.0881. The van der Waals surface area contributed by atoms with Crippen LogP contribution in [0.4, 0.5) is 0 Å². The Kier molecular flexibility index (Phi) is 13.7. The Morgan fingerprint density at radius 3 is 2.55 bits per heavy atom. The molecule has 0 spiro atoms. The van der Waals surface area contributed by atoms with Crippen LogP contribution in [0.2, 0.25) is 0 Å². The number of methoxy groups -OCH3 is 1. The smallest absolute Gasteiger partial charge is 0.305 e. The van der Waals surface area contributed by atoms with Gasteiger partial charge in [0.1, 0.15) is 0 Å². The van der Waals surface area contributed by atoms with Gasteiger partial charge in [-0.05, 0) is 56.6 Å². The van der Waals surface area contributed by atoms with Crippen molar-refractivity contribution in [1.29, 1.82) is 0 Å². The molecule has 1 aliphatic carbocycles. The van der Waals surface area contributed by atoms with E-state index in [2.05, 4.69) is 18.6 Å². The van der Waals surface area contributed by atoms with Crippen LogP contribution in [-0.2, 0) is 23.8 Å². The van der Waals surface area contributed by atoms with E-state index >= 15 is 0 Å². The molecule has 0 saturated heterocycles. The normalized spacial score (nSPS) is 23.7. The first-order valence-corrected chi connectivity index (χ1v) is 15.2. The molecule has 2 rings (SSSR count). The Morgan fingerprint density at radius 1 is 1.18 bits per heavy atom. The van der Waals surface area contributed by atoms with Crippen LogP contribution in [0.5, 0.6) is 0 Å². The maximum atomic E-state index is 13.0. The van der Waals surface area contributed by atoms with E-state index in [-0.39, 0.29) is 29.1 Å². The molecule has 8 heteroatoms. The van der Waals surface area contributed by atoms with E-state index < -0.39 is 28.4 Å². The zero-order chi connectivity index (χ0) is 28.1. The highest BCUT2D eigenvalue weighted by Gasteiger charge is 2.43. The average Bonchev–Trinajstić information content (AvgIpc) is 3.16. The molecule has 0 aromatic heterocycles. The summed E-state index contributed by atoms with van der Waals surface area (Å²) in [6, 6.07) is 6.50. The van der Waals surface area contributed by atoms with Crippen molar-refractivity contribution < 1.29 is 32.3 Å². The molecule has 7 nitrogen and oxygen atoms in total. The minimum atomic E-state index is -4.01. The fourth-order valence-corrected chi connectivity index (χ4v) is 6.10. The van der Waals surface area contributed by atoms with Crippen molar-refractivity contribution in [2.45, 2.75) is 102 Å². The molecule has 1 aliphatic rings. The molecule has 1 saturated carbocycles. The standard InChI is InChI=1S/C30H46O7S/c1-5-6-11-23(3)20-24(31)16-19-26-27(12-9-7-8-10-13-30(33)36-4)29(21-28(26)32)37-38(34,35)25-17-14-22(2)15-18-25/h7,9,14-19,23-24,26-29,31-32H,5-6,8,10-13,20-21H2,1-4H3/b9-7-,19-16+/t23-,24-,26+,27+,28+,29+/m0/s1. The van der Waals surface area contributed by atoms with Gasteiger partial charge >= 0.3 is 5.97 Å². The number of allylic oxidation sites excluding steroid dienone is 2. The van der Waals surface area contributed by atoms with Crippen LogP contribution in [0.25, 0.3) is 0 Å². The number of carbonyl (C=O) groups excluding carboxylic acids is 1. The highest BCUT2D eigenvalue weighted by atomic mass is 32.2. The second kappa shape index (κ2) is 16.2. The highest BCUT2D eigenvalue weighted by Crippen LogP contribution is 2.40. The molecule has 0 heterocycles. The van der Waals surface area contributed by atoms with Crippen LogP contribution in [0.3, 0.4) is 0 Å². The van der Waals surface area contributed by atoms with Gasteiger partial charge in [0.2, 0.25) is 0 Å². The third-order valence-electron chi connectivity index (χ3n) is 7.25. The van der Waals surface area contributed by atoms with Crippen LogP contribution in [0, 0.1) is 24.7 Å². The summed E-state index contributed by atoms with van der Waals surface area (Å²) in [5, 5.41) is 21.5. The van der Waals surface area contributed by atoms with Crippen molar-refractivity contribution >= 4 is 16.1 Å². The zero-order valence-corrected chi connectivity index (χ0v) is 24.1. The SMILES string of the molecule is CCCC[C@H](C)C[C@@H](O)/C=C/[C@@H]1[C@@H](C/C=C\CCCC(=O)OC)[C@H](OS(=O)(=O)c2ccc(C)cc2)C[C@H]1O. The molecule has 0 unspecified atom stereocenters. The third kappa shape index (κ3) is 10.6. The van der Waals surface area contributed by atoms with Crippen LogP contribution in [-0.4, -0.2) is 50.0 Å². The van der Waals surface area contributed by atoms with Gasteiger partial charge in [0.15, 0.2) is 0 Å². The topological polar surface area (TPSA) is 110 Å². The van der Waals surface area contributed by atoms with Gasteiger partial charge in [-0.2, -0.15) is 8.42 Å². The average molecular weight is 551 g/mol. The minimum Gasteiger partial charge on any atom is -0.469 e. The molecule has 1 aromatic carbocycles. The van der Waals surface area contributed by atoms with Crippen molar-refractivity contribution in [3.63, 3.8) is 0 Å². The number of esters is 1. The fraction of sp³-hybridized carbons (Fsp3) is 0.633. The van der Waals surface area contributed by atoms with E-state index in [9.17, 15) is 23.4 Å². The van der Waals surface area contributed by atoms with Crippen LogP contribution < -0.4 is 0 Å². The number of unbranched alkanes of at least 4 members (excludes halogenated alkanes) is 2. The Morgan fingerprint density at radius 2 is 1.89 bits per heavy atom. The second-order valence-electron chi connectivity index (χ2n) is 10.6. The number of hydrogen-bond donors (Lipinski definition) is 2. The number of ether oxygens (including phenoxy) is 1. The Hall–Kier alpha value is -2.00. The number of rotatable bonds is 16. The summed E-state index contributed by atoms with van der Waals surface area (Å²) in [7, 11) is -2.64. The molecule has 0 aliphatic heterocycles. The van der Waals surface area contributed by atoms with Crippen molar-refractivity contribution in [3.8, 4) is 0 Å². The molecule has 0 radical (unpaired) electrons. The molecule has 0 bridgehead atoms. The number of hydrogen-bond acceptors (Lipinski definition) is 7. The molecular formula is C30H46O7S. The van der Waals surface area contributed by atoms with E-state index in [0.29, 0.717) is 38.0 Å². The van der Waals surface area contributed by atoms with Crippen LogP contribution in [0.1, 0.15) is 77.2 Å². The summed E-state index contributed by atoms with van der Waals surface area (Å²) in [4.78, 5) is 11.4. The zero-order valence-electron chi connectivity index (χ0n) is 23.3. The number of aliphatic hydroxyl groups excluding tert-OH is 2. The van der Waals surface area contributed by atoms with E-state index in [4.69, 9.17) is 4.18 Å². The quantitative estimate of drug-likeness (QED) is 0.121. The van der Waals surface area contributed by atoms with Gasteiger partial charge < -0.3 is 14.9 Å². The Balaban J connectivity index is 2.14. The van der Waals surface area contributed by atoms with Gasteiger partial charge in [-0.1, -0.05) is 75.1 Å². The summed E-state index contributed by atoms with van der Waals surface area (Å²) in [5.74, 6) is -0.501. The van der Waals surface area contributed by atoms with Crippen molar-refractivity contribution in [1.82, 2.24) is 0 Å². The summed E-state index contributed by atoms with van der Waals surface area (Å²) in [6.07, 6.45) is 11.7. The molecule has 0 amide bonds. The number of benzene rings is 1. The maximum absolute atomic E-state index is 13.0. The monoisotopic (exact) mass is 550 g/mol. The predicted octanol–water partition coefficient (Wildman–Crippen LogP) is 5.49. The largest absolute Gasteiger partial charge is 0.469 e. The van der Waals surface area contributed by atoms with E-state index in [1.807, 2.05) is 25.2 Å². The third-order valence-corrected chi connectivity index (χ3v) is 8.60. The lowest BCUT2D eigenvalue weighted by Crippen LogP contribution is -2.25. The fourth-order valence-electron chi connectivity index (χ4n) is 4.97. The van der Waals surface area contributed by atoms with Gasteiger partial charge in [-0.15, -0.1) is 0 Å². The van der Waals surface area contributed by atoms with E-state index in [1.54, 1.807) is 18.2 Å². The van der Waals surface area contributed by atoms with Gasteiger partial charge in [-0.3, -0.25) is 8.98 Å². The highest BCUT2D eigenvalue weighted by molar-refractivity contribution is 7.86. The first kappa shape index (κ1) is 32.2. The summed E-state index contributed by atoms with van der Waals surface area (Å²) >= 11 is 0.